The number of nitriles is 1. The molecule has 0 aliphatic heterocycles. The van der Waals surface area contributed by atoms with E-state index in [-0.39, 0.29) is 47.9 Å². The molecule has 0 spiro atoms. The Morgan fingerprint density at radius 3 is 1.57 bits per heavy atom. The van der Waals surface area contributed by atoms with Gasteiger partial charge in [0.25, 0.3) is 0 Å². The molecule has 0 amide bonds. The van der Waals surface area contributed by atoms with E-state index < -0.39 is 0 Å². The largest absolute Gasteiger partial charge is 2.00 e. The summed E-state index contributed by atoms with van der Waals surface area (Å²) in [6.45, 7) is 3.12. The van der Waals surface area contributed by atoms with Gasteiger partial charge >= 0.3 is 23.1 Å². The Morgan fingerprint density at radius 2 is 1.57 bits per heavy atom. The molecule has 0 bridgehead atoms. The first-order valence-electron chi connectivity index (χ1n) is 0.921. The minimum atomic E-state index is 0. The number of nitrogens with zero attached hydrogens (tertiary/aromatic N) is 1. The zero-order chi connectivity index (χ0) is 3.41. The molecule has 0 radical (unpaired) electrons. The molecule has 0 aromatic rings. The molecule has 4 heteroatoms. The fraction of sp³-hybridized carbons (Fsp3) is 0. The van der Waals surface area contributed by atoms with E-state index in [4.69, 9.17) is 5.26 Å². The second-order valence-corrected chi connectivity index (χ2v) is 0.333. The smallest absolute Gasteiger partial charge is 1.00 e. The Hall–Kier alpha value is 0.576. The summed E-state index contributed by atoms with van der Waals surface area (Å²) in [6, 6.07) is 1.69. The molecule has 0 rings (SSSR count). The van der Waals surface area contributed by atoms with Gasteiger partial charge in [0, 0.05) is 6.08 Å². The van der Waals surface area contributed by atoms with Crippen LogP contribution in [0, 0.1) is 11.3 Å². The molecule has 0 saturated heterocycles. The number of rotatable bonds is 0. The van der Waals surface area contributed by atoms with Crippen LogP contribution >= 0.6 is 0 Å². The Bertz CT molecular complexity index is 58.4. The van der Waals surface area contributed by atoms with Crippen molar-refractivity contribution in [3.05, 3.63) is 12.7 Å². The number of halogens is 2. The van der Waals surface area contributed by atoms with Crippen LogP contribution in [0.1, 0.15) is 0 Å². The van der Waals surface area contributed by atoms with Gasteiger partial charge < -0.3 is 24.8 Å². The number of allylic oxidation sites excluding steroid dienone is 1. The molecular formula is C3H3Cl2MgN. The van der Waals surface area contributed by atoms with Gasteiger partial charge in [0.1, 0.15) is 0 Å². The van der Waals surface area contributed by atoms with E-state index in [0.29, 0.717) is 0 Å². The summed E-state index contributed by atoms with van der Waals surface area (Å²) in [5.41, 5.74) is 0. The Morgan fingerprint density at radius 1 is 1.43 bits per heavy atom. The minimum Gasteiger partial charge on any atom is -1.00 e. The van der Waals surface area contributed by atoms with Gasteiger partial charge in [0.2, 0.25) is 0 Å². The molecule has 0 N–H and O–H groups in total. The molecule has 0 aliphatic rings. The van der Waals surface area contributed by atoms with Crippen molar-refractivity contribution in [2.75, 3.05) is 0 Å². The third kappa shape index (κ3) is 55.4. The van der Waals surface area contributed by atoms with E-state index in [2.05, 4.69) is 6.58 Å². The van der Waals surface area contributed by atoms with E-state index in [1.807, 2.05) is 0 Å². The predicted octanol–water partition coefficient (Wildman–Crippen LogP) is -5.68. The summed E-state index contributed by atoms with van der Waals surface area (Å²) in [5, 5.41) is 7.51. The molecule has 7 heavy (non-hydrogen) atoms. The van der Waals surface area contributed by atoms with Crippen LogP contribution in [0.4, 0.5) is 0 Å². The average molecular weight is 148 g/mol. The van der Waals surface area contributed by atoms with Gasteiger partial charge in [-0.05, 0) is 0 Å². The maximum absolute atomic E-state index is 7.51. The minimum absolute atomic E-state index is 0. The van der Waals surface area contributed by atoms with Crippen molar-refractivity contribution in [1.82, 2.24) is 0 Å². The van der Waals surface area contributed by atoms with E-state index in [1.165, 1.54) is 6.08 Å². The summed E-state index contributed by atoms with van der Waals surface area (Å²) in [5.74, 6) is 0. The van der Waals surface area contributed by atoms with Crippen LogP contribution in [-0.2, 0) is 0 Å². The first kappa shape index (κ1) is 25.6. The zero-order valence-electron chi connectivity index (χ0n) is 3.69. The summed E-state index contributed by atoms with van der Waals surface area (Å²) in [6.07, 6.45) is 1.18. The van der Waals surface area contributed by atoms with Crippen LogP contribution in [0.5, 0.6) is 0 Å². The summed E-state index contributed by atoms with van der Waals surface area (Å²) < 4.78 is 0. The maximum Gasteiger partial charge on any atom is 2.00 e. The Labute approximate surface area is 71.7 Å². The molecule has 0 aliphatic carbocycles. The van der Waals surface area contributed by atoms with E-state index in [0.717, 1.165) is 0 Å². The molecule has 0 fully saturated rings. The van der Waals surface area contributed by atoms with Gasteiger partial charge in [-0.15, -0.1) is 0 Å². The standard InChI is InChI=1S/C3H3N.2ClH.Mg/c1-2-3-4;;;/h2H,1H2;2*1H;/q;;;+2/p-2. The van der Waals surface area contributed by atoms with Crippen molar-refractivity contribution in [2.24, 2.45) is 0 Å². The first-order chi connectivity index (χ1) is 1.91. The number of hydrogen-bond acceptors (Lipinski definition) is 1. The molecule has 0 aromatic heterocycles. The van der Waals surface area contributed by atoms with Crippen LogP contribution in [-0.4, -0.2) is 23.1 Å². The topological polar surface area (TPSA) is 23.8 Å². The number of hydrogen-bond donors (Lipinski definition) is 0. The third-order valence-corrected chi connectivity index (χ3v) is 0.0913. The summed E-state index contributed by atoms with van der Waals surface area (Å²) in [4.78, 5) is 0. The Kier molecular flexibility index (Phi) is 113. The van der Waals surface area contributed by atoms with Gasteiger partial charge in [-0.2, -0.15) is 5.26 Å². The molecule has 0 aromatic carbocycles. The van der Waals surface area contributed by atoms with Crippen LogP contribution in [0.3, 0.4) is 0 Å². The van der Waals surface area contributed by atoms with Gasteiger partial charge in [-0.1, -0.05) is 6.58 Å². The van der Waals surface area contributed by atoms with Crippen LogP contribution in [0.2, 0.25) is 0 Å². The molecule has 0 unspecified atom stereocenters. The SMILES string of the molecule is C=CC#N.[Cl-].[Cl-].[Mg+2]. The van der Waals surface area contributed by atoms with Crippen molar-refractivity contribution >= 4 is 23.1 Å². The quantitative estimate of drug-likeness (QED) is 0.248. The summed E-state index contributed by atoms with van der Waals surface area (Å²) >= 11 is 0. The maximum atomic E-state index is 7.51. The molecular weight excluding hydrogens is 145 g/mol. The normalized spacial score (nSPS) is 2.14. The molecule has 0 atom stereocenters. The first-order valence-corrected chi connectivity index (χ1v) is 0.921. The molecule has 0 heterocycles. The predicted molar refractivity (Wildman–Crippen MR) is 21.6 cm³/mol. The second kappa shape index (κ2) is 30.8. The third-order valence-electron chi connectivity index (χ3n) is 0.0913. The van der Waals surface area contributed by atoms with Crippen molar-refractivity contribution in [1.29, 1.82) is 5.26 Å². The Balaban J connectivity index is -0.0000000150. The van der Waals surface area contributed by atoms with E-state index in [9.17, 15) is 0 Å². The van der Waals surface area contributed by atoms with E-state index >= 15 is 0 Å². The van der Waals surface area contributed by atoms with Crippen molar-refractivity contribution in [3.8, 4) is 6.07 Å². The fourth-order valence-electron chi connectivity index (χ4n) is 0. The summed E-state index contributed by atoms with van der Waals surface area (Å²) in [7, 11) is 0. The zero-order valence-corrected chi connectivity index (χ0v) is 6.62. The van der Waals surface area contributed by atoms with Crippen LogP contribution in [0.25, 0.3) is 0 Å². The average Bonchev–Trinajstić information content (AvgIpc) is 1.37. The second-order valence-electron chi connectivity index (χ2n) is 0.333. The van der Waals surface area contributed by atoms with Gasteiger partial charge in [0.05, 0.1) is 6.07 Å². The molecule has 0 saturated carbocycles. The van der Waals surface area contributed by atoms with Crippen molar-refractivity contribution in [3.63, 3.8) is 0 Å². The molecule has 1 nitrogen and oxygen atoms in total. The van der Waals surface area contributed by atoms with Gasteiger partial charge in [-0.3, -0.25) is 0 Å². The van der Waals surface area contributed by atoms with Gasteiger partial charge in [-0.25, -0.2) is 0 Å². The van der Waals surface area contributed by atoms with Gasteiger partial charge in [0.15, 0.2) is 0 Å². The van der Waals surface area contributed by atoms with Crippen LogP contribution in [0.15, 0.2) is 12.7 Å². The van der Waals surface area contributed by atoms with Crippen LogP contribution < -0.4 is 24.8 Å². The van der Waals surface area contributed by atoms with Crippen molar-refractivity contribution < 1.29 is 24.8 Å². The van der Waals surface area contributed by atoms with Crippen molar-refractivity contribution in [2.45, 2.75) is 0 Å². The van der Waals surface area contributed by atoms with E-state index in [1.54, 1.807) is 6.07 Å². The fourth-order valence-corrected chi connectivity index (χ4v) is 0. The molecule has 36 valence electrons. The monoisotopic (exact) mass is 147 g/mol.